The Bertz CT molecular complexity index is 671. The Balaban J connectivity index is 2.25. The number of ether oxygens (including phenoxy) is 2. The molecule has 2 N–H and O–H groups in total. The van der Waals surface area contributed by atoms with Gasteiger partial charge in [0.25, 0.3) is 0 Å². The lowest BCUT2D eigenvalue weighted by Gasteiger charge is -2.18. The Labute approximate surface area is 141 Å². The molecule has 132 valence electrons. The third-order valence-corrected chi connectivity index (χ3v) is 3.68. The molecule has 0 saturated carbocycles. The lowest BCUT2D eigenvalue weighted by Crippen LogP contribution is -2.31. The Morgan fingerprint density at radius 3 is 2.67 bits per heavy atom. The lowest BCUT2D eigenvalue weighted by atomic mass is 10.2. The van der Waals surface area contributed by atoms with Gasteiger partial charge in [-0.2, -0.15) is 0 Å². The van der Waals surface area contributed by atoms with Crippen molar-refractivity contribution in [2.75, 3.05) is 34.4 Å². The van der Waals surface area contributed by atoms with Crippen LogP contribution in [0.25, 0.3) is 11.5 Å². The van der Waals surface area contributed by atoms with Crippen LogP contribution in [0.15, 0.2) is 22.6 Å². The van der Waals surface area contributed by atoms with E-state index in [1.165, 1.54) is 0 Å². The third kappa shape index (κ3) is 4.25. The number of hydrogen-bond acceptors (Lipinski definition) is 7. The van der Waals surface area contributed by atoms with Crippen molar-refractivity contribution in [2.24, 2.45) is 0 Å². The Morgan fingerprint density at radius 2 is 2.04 bits per heavy atom. The fraction of sp³-hybridized carbons (Fsp3) is 0.471. The zero-order valence-electron chi connectivity index (χ0n) is 14.4. The smallest absolute Gasteiger partial charge is 0.230 e. The molecule has 1 aromatic carbocycles. The third-order valence-electron chi connectivity index (χ3n) is 3.68. The summed E-state index contributed by atoms with van der Waals surface area (Å²) in [6.45, 7) is 2.42. The van der Waals surface area contributed by atoms with Crippen LogP contribution in [-0.2, 0) is 6.54 Å². The predicted molar refractivity (Wildman–Crippen MR) is 89.2 cm³/mol. The zero-order chi connectivity index (χ0) is 17.7. The van der Waals surface area contributed by atoms with E-state index < -0.39 is 6.10 Å². The van der Waals surface area contributed by atoms with Crippen molar-refractivity contribution in [1.29, 1.82) is 0 Å². The first-order valence-electron chi connectivity index (χ1n) is 7.64. The molecule has 0 aliphatic rings. The molecule has 0 aliphatic carbocycles. The van der Waals surface area contributed by atoms with Crippen LogP contribution in [0.2, 0.25) is 0 Å². The normalized spacial score (nSPS) is 12.5. The highest BCUT2D eigenvalue weighted by molar-refractivity contribution is 5.65. The van der Waals surface area contributed by atoms with E-state index in [2.05, 4.69) is 4.98 Å². The van der Waals surface area contributed by atoms with E-state index in [-0.39, 0.29) is 6.61 Å². The molecule has 1 heterocycles. The minimum atomic E-state index is -0.778. The Hall–Kier alpha value is -2.09. The SMILES string of the molecule is COc1ccc(OC)c(-c2nc(CN(C)C[C@H](O)CO)c(C)o2)c1. The molecule has 2 aromatic rings. The van der Waals surface area contributed by atoms with Gasteiger partial charge in [0.1, 0.15) is 17.3 Å². The highest BCUT2D eigenvalue weighted by atomic mass is 16.5. The number of rotatable bonds is 8. The van der Waals surface area contributed by atoms with E-state index in [0.717, 1.165) is 5.69 Å². The second-order valence-corrected chi connectivity index (χ2v) is 5.62. The van der Waals surface area contributed by atoms with Crippen molar-refractivity contribution in [3.05, 3.63) is 29.7 Å². The van der Waals surface area contributed by atoms with E-state index in [1.807, 2.05) is 31.0 Å². The average Bonchev–Trinajstić information content (AvgIpc) is 2.94. The van der Waals surface area contributed by atoms with Crippen molar-refractivity contribution in [2.45, 2.75) is 19.6 Å². The highest BCUT2D eigenvalue weighted by Crippen LogP contribution is 2.33. The molecule has 0 amide bonds. The molecule has 0 fully saturated rings. The van der Waals surface area contributed by atoms with Crippen LogP contribution in [0, 0.1) is 6.92 Å². The van der Waals surface area contributed by atoms with Gasteiger partial charge in [-0.1, -0.05) is 0 Å². The molecule has 0 radical (unpaired) electrons. The summed E-state index contributed by atoms with van der Waals surface area (Å²) >= 11 is 0. The van der Waals surface area contributed by atoms with Crippen LogP contribution in [0.1, 0.15) is 11.5 Å². The van der Waals surface area contributed by atoms with Crippen LogP contribution < -0.4 is 9.47 Å². The first-order chi connectivity index (χ1) is 11.5. The van der Waals surface area contributed by atoms with Gasteiger partial charge in [0.05, 0.1) is 38.2 Å². The van der Waals surface area contributed by atoms with Crippen LogP contribution in [0.4, 0.5) is 0 Å². The van der Waals surface area contributed by atoms with Gasteiger partial charge in [0, 0.05) is 13.1 Å². The van der Waals surface area contributed by atoms with Crippen molar-refractivity contribution in [3.8, 4) is 23.0 Å². The van der Waals surface area contributed by atoms with E-state index in [4.69, 9.17) is 19.0 Å². The van der Waals surface area contributed by atoms with Gasteiger partial charge in [0.15, 0.2) is 0 Å². The van der Waals surface area contributed by atoms with Crippen molar-refractivity contribution < 1.29 is 24.1 Å². The van der Waals surface area contributed by atoms with Gasteiger partial charge < -0.3 is 24.1 Å². The van der Waals surface area contributed by atoms with Gasteiger partial charge in [-0.25, -0.2) is 4.98 Å². The molecule has 1 atom stereocenters. The Morgan fingerprint density at radius 1 is 1.29 bits per heavy atom. The number of aromatic nitrogens is 1. The molecule has 0 aliphatic heterocycles. The van der Waals surface area contributed by atoms with E-state index >= 15 is 0 Å². The summed E-state index contributed by atoms with van der Waals surface area (Å²) in [5.41, 5.74) is 1.48. The van der Waals surface area contributed by atoms with E-state index in [9.17, 15) is 5.11 Å². The molecule has 0 saturated heterocycles. The van der Waals surface area contributed by atoms with Crippen LogP contribution >= 0.6 is 0 Å². The zero-order valence-corrected chi connectivity index (χ0v) is 14.4. The molecule has 2 rings (SSSR count). The summed E-state index contributed by atoms with van der Waals surface area (Å²) < 4.78 is 16.4. The summed E-state index contributed by atoms with van der Waals surface area (Å²) in [5.74, 6) is 2.48. The maximum atomic E-state index is 9.52. The number of likely N-dealkylation sites (N-methyl/N-ethyl adjacent to an activating group) is 1. The molecular weight excluding hydrogens is 312 g/mol. The first kappa shape index (κ1) is 18.3. The van der Waals surface area contributed by atoms with Crippen molar-refractivity contribution >= 4 is 0 Å². The van der Waals surface area contributed by atoms with Gasteiger partial charge in [-0.3, -0.25) is 4.90 Å². The number of aliphatic hydroxyl groups excluding tert-OH is 2. The van der Waals surface area contributed by atoms with Crippen LogP contribution in [0.3, 0.4) is 0 Å². The largest absolute Gasteiger partial charge is 0.497 e. The number of hydrogen-bond donors (Lipinski definition) is 2. The molecule has 7 heteroatoms. The topological polar surface area (TPSA) is 88.2 Å². The fourth-order valence-corrected chi connectivity index (χ4v) is 2.41. The number of aryl methyl sites for hydroxylation is 1. The van der Waals surface area contributed by atoms with Gasteiger partial charge >= 0.3 is 0 Å². The molecule has 1 aromatic heterocycles. The maximum Gasteiger partial charge on any atom is 0.230 e. The number of nitrogens with zero attached hydrogens (tertiary/aromatic N) is 2. The molecule has 0 unspecified atom stereocenters. The minimum absolute atomic E-state index is 0.269. The molecule has 0 spiro atoms. The summed E-state index contributed by atoms with van der Waals surface area (Å²) in [6, 6.07) is 5.42. The molecular formula is C17H24N2O5. The minimum Gasteiger partial charge on any atom is -0.497 e. The van der Waals surface area contributed by atoms with Gasteiger partial charge in [-0.05, 0) is 32.2 Å². The standard InChI is InChI=1S/C17H24N2O5/c1-11-15(9-19(2)8-12(21)10-20)18-17(24-11)14-7-13(22-3)5-6-16(14)23-4/h5-7,12,20-21H,8-10H2,1-4H3/t12-/m0/s1. The monoisotopic (exact) mass is 336 g/mol. The van der Waals surface area contributed by atoms with Crippen molar-refractivity contribution in [3.63, 3.8) is 0 Å². The first-order valence-corrected chi connectivity index (χ1v) is 7.64. The second-order valence-electron chi connectivity index (χ2n) is 5.62. The number of methoxy groups -OCH3 is 2. The molecule has 7 nitrogen and oxygen atoms in total. The second kappa shape index (κ2) is 8.14. The fourth-order valence-electron chi connectivity index (χ4n) is 2.41. The molecule has 24 heavy (non-hydrogen) atoms. The van der Waals surface area contributed by atoms with Crippen molar-refractivity contribution in [1.82, 2.24) is 9.88 Å². The summed E-state index contributed by atoms with van der Waals surface area (Å²) in [5, 5.41) is 18.4. The summed E-state index contributed by atoms with van der Waals surface area (Å²) in [4.78, 5) is 6.42. The lowest BCUT2D eigenvalue weighted by molar-refractivity contribution is 0.0644. The number of oxazole rings is 1. The summed E-state index contributed by atoms with van der Waals surface area (Å²) in [6.07, 6.45) is -0.778. The van der Waals surface area contributed by atoms with Crippen LogP contribution in [0.5, 0.6) is 11.5 Å². The number of aliphatic hydroxyl groups is 2. The Kier molecular flexibility index (Phi) is 6.19. The number of benzene rings is 1. The van der Waals surface area contributed by atoms with Gasteiger partial charge in [-0.15, -0.1) is 0 Å². The maximum absolute atomic E-state index is 9.52. The predicted octanol–water partition coefficient (Wildman–Crippen LogP) is 1.45. The van der Waals surface area contributed by atoms with Gasteiger partial charge in [0.2, 0.25) is 5.89 Å². The average molecular weight is 336 g/mol. The van der Waals surface area contributed by atoms with E-state index in [1.54, 1.807) is 20.3 Å². The quantitative estimate of drug-likeness (QED) is 0.754. The highest BCUT2D eigenvalue weighted by Gasteiger charge is 2.18. The van der Waals surface area contributed by atoms with Crippen LogP contribution in [-0.4, -0.2) is 60.6 Å². The molecule has 0 bridgehead atoms. The summed E-state index contributed by atoms with van der Waals surface area (Å²) in [7, 11) is 5.03. The van der Waals surface area contributed by atoms with E-state index in [0.29, 0.717) is 41.8 Å².